The number of aromatic nitrogens is 3. The van der Waals surface area contributed by atoms with E-state index in [2.05, 4.69) is 29.2 Å². The summed E-state index contributed by atoms with van der Waals surface area (Å²) in [5.74, 6) is 0.127. The standard InChI is InChI=1S/C22H24ClN5O3S/c1-15-8-16(2)12-27(11-15)32(30,31)19-5-3-4-17(9-19)22(29)26-20-10-18(23)6-7-21(20)28-14-24-13-25-28/h3-7,9-10,13-16H,8,11-12H2,1-2H3,(H,26,29). The highest BCUT2D eigenvalue weighted by atomic mass is 35.5. The van der Waals surface area contributed by atoms with Gasteiger partial charge < -0.3 is 5.32 Å². The van der Waals surface area contributed by atoms with Gasteiger partial charge in [0.1, 0.15) is 12.7 Å². The molecule has 1 amide bonds. The van der Waals surface area contributed by atoms with Gasteiger partial charge in [-0.25, -0.2) is 18.1 Å². The Hall–Kier alpha value is -2.75. The fourth-order valence-corrected chi connectivity index (χ4v) is 5.98. The topological polar surface area (TPSA) is 97.2 Å². The van der Waals surface area contributed by atoms with Gasteiger partial charge in [0.25, 0.3) is 5.91 Å². The molecule has 2 aromatic carbocycles. The Morgan fingerprint density at radius 3 is 2.56 bits per heavy atom. The van der Waals surface area contributed by atoms with E-state index in [1.807, 2.05) is 0 Å². The highest BCUT2D eigenvalue weighted by Crippen LogP contribution is 2.28. The van der Waals surface area contributed by atoms with E-state index in [0.29, 0.717) is 29.5 Å². The first kappa shape index (κ1) is 22.4. The number of halogens is 1. The molecular formula is C22H24ClN5O3S. The van der Waals surface area contributed by atoms with Crippen LogP contribution in [0.1, 0.15) is 30.6 Å². The number of benzene rings is 2. The SMILES string of the molecule is CC1CC(C)CN(S(=O)(=O)c2cccc(C(=O)Nc3cc(Cl)ccc3-n3cncn3)c2)C1. The molecule has 8 nitrogen and oxygen atoms in total. The van der Waals surface area contributed by atoms with Crippen LogP contribution in [-0.2, 0) is 10.0 Å². The van der Waals surface area contributed by atoms with Gasteiger partial charge in [0.05, 0.1) is 16.3 Å². The zero-order valence-electron chi connectivity index (χ0n) is 17.8. The van der Waals surface area contributed by atoms with E-state index < -0.39 is 15.9 Å². The van der Waals surface area contributed by atoms with Crippen molar-refractivity contribution in [3.63, 3.8) is 0 Å². The summed E-state index contributed by atoms with van der Waals surface area (Å²) < 4.78 is 29.5. The number of rotatable bonds is 5. The van der Waals surface area contributed by atoms with Crippen molar-refractivity contribution in [3.05, 3.63) is 65.7 Å². The summed E-state index contributed by atoms with van der Waals surface area (Å²) in [4.78, 5) is 17.0. The van der Waals surface area contributed by atoms with E-state index in [0.717, 1.165) is 6.42 Å². The Morgan fingerprint density at radius 2 is 1.88 bits per heavy atom. The Morgan fingerprint density at radius 1 is 1.12 bits per heavy atom. The normalized spacial score (nSPS) is 19.6. The van der Waals surface area contributed by atoms with Crippen LogP contribution >= 0.6 is 11.6 Å². The molecule has 1 aliphatic rings. The fourth-order valence-electron chi connectivity index (χ4n) is 4.08. The molecule has 0 spiro atoms. The smallest absolute Gasteiger partial charge is 0.255 e. The molecule has 2 heterocycles. The van der Waals surface area contributed by atoms with Crippen molar-refractivity contribution < 1.29 is 13.2 Å². The van der Waals surface area contributed by atoms with Crippen LogP contribution in [0.5, 0.6) is 0 Å². The maximum atomic E-state index is 13.2. The number of anilines is 1. The predicted octanol–water partition coefficient (Wildman–Crippen LogP) is 3.84. The Bertz CT molecular complexity index is 1220. The monoisotopic (exact) mass is 473 g/mol. The van der Waals surface area contributed by atoms with E-state index in [4.69, 9.17) is 11.6 Å². The lowest BCUT2D eigenvalue weighted by molar-refractivity contribution is 0.102. The number of carbonyl (C=O) groups excluding carboxylic acids is 1. The van der Waals surface area contributed by atoms with Gasteiger partial charge in [0.15, 0.2) is 0 Å². The second-order valence-corrected chi connectivity index (χ2v) is 10.6. The first-order valence-corrected chi connectivity index (χ1v) is 12.1. The third-order valence-corrected chi connectivity index (χ3v) is 7.50. The quantitative estimate of drug-likeness (QED) is 0.607. The summed E-state index contributed by atoms with van der Waals surface area (Å²) in [5.41, 5.74) is 1.24. The number of carbonyl (C=O) groups is 1. The average Bonchev–Trinajstić information content (AvgIpc) is 3.28. The lowest BCUT2D eigenvalue weighted by Crippen LogP contribution is -2.42. The molecule has 2 unspecified atom stereocenters. The van der Waals surface area contributed by atoms with E-state index in [1.54, 1.807) is 30.3 Å². The molecule has 1 N–H and O–H groups in total. The number of nitrogens with zero attached hydrogens (tertiary/aromatic N) is 4. The molecule has 1 aromatic heterocycles. The summed E-state index contributed by atoms with van der Waals surface area (Å²) in [5, 5.41) is 7.34. The highest BCUT2D eigenvalue weighted by molar-refractivity contribution is 7.89. The van der Waals surface area contributed by atoms with Crippen LogP contribution < -0.4 is 5.32 Å². The Kier molecular flexibility index (Phi) is 6.32. The minimum absolute atomic E-state index is 0.106. The third kappa shape index (κ3) is 4.69. The molecule has 0 bridgehead atoms. The predicted molar refractivity (Wildman–Crippen MR) is 122 cm³/mol. The lowest BCUT2D eigenvalue weighted by atomic mass is 9.94. The van der Waals surface area contributed by atoms with Gasteiger partial charge in [0, 0.05) is 23.7 Å². The first-order valence-electron chi connectivity index (χ1n) is 10.3. The van der Waals surface area contributed by atoms with Gasteiger partial charge in [-0.2, -0.15) is 9.40 Å². The molecule has 1 aliphatic heterocycles. The van der Waals surface area contributed by atoms with E-state index in [-0.39, 0.29) is 22.3 Å². The van der Waals surface area contributed by atoms with Gasteiger partial charge in [0.2, 0.25) is 10.0 Å². The van der Waals surface area contributed by atoms with E-state index in [1.165, 1.54) is 33.8 Å². The third-order valence-electron chi connectivity index (χ3n) is 5.44. The molecule has 2 atom stereocenters. The van der Waals surface area contributed by atoms with Crippen molar-refractivity contribution in [1.29, 1.82) is 0 Å². The van der Waals surface area contributed by atoms with Gasteiger partial charge in [-0.15, -0.1) is 0 Å². The van der Waals surface area contributed by atoms with Crippen molar-refractivity contribution in [2.45, 2.75) is 25.2 Å². The Balaban J connectivity index is 1.61. The van der Waals surface area contributed by atoms with Gasteiger partial charge in [-0.1, -0.05) is 31.5 Å². The van der Waals surface area contributed by atoms with Crippen LogP contribution in [-0.4, -0.2) is 46.5 Å². The molecule has 0 aliphatic carbocycles. The van der Waals surface area contributed by atoms with Crippen LogP contribution in [0.2, 0.25) is 5.02 Å². The second kappa shape index (κ2) is 9.01. The summed E-state index contributed by atoms with van der Waals surface area (Å²) >= 11 is 6.12. The Labute approximate surface area is 192 Å². The first-order chi connectivity index (χ1) is 15.2. The van der Waals surface area contributed by atoms with Crippen LogP contribution in [0.25, 0.3) is 5.69 Å². The lowest BCUT2D eigenvalue weighted by Gasteiger charge is -2.34. The zero-order chi connectivity index (χ0) is 22.9. The number of sulfonamides is 1. The minimum atomic E-state index is -3.70. The maximum Gasteiger partial charge on any atom is 0.255 e. The number of hydrogen-bond acceptors (Lipinski definition) is 5. The van der Waals surface area contributed by atoms with Crippen molar-refractivity contribution in [2.24, 2.45) is 11.8 Å². The van der Waals surface area contributed by atoms with Gasteiger partial charge in [-0.05, 0) is 54.7 Å². The van der Waals surface area contributed by atoms with Crippen LogP contribution in [0.3, 0.4) is 0 Å². The molecule has 0 radical (unpaired) electrons. The van der Waals surface area contributed by atoms with E-state index in [9.17, 15) is 13.2 Å². The molecule has 168 valence electrons. The summed E-state index contributed by atoms with van der Waals surface area (Å²) in [6.07, 6.45) is 3.89. The van der Waals surface area contributed by atoms with Crippen LogP contribution in [0.15, 0.2) is 60.0 Å². The molecule has 1 fully saturated rings. The highest BCUT2D eigenvalue weighted by Gasteiger charge is 2.32. The molecule has 3 aromatic rings. The van der Waals surface area contributed by atoms with Crippen molar-refractivity contribution in [1.82, 2.24) is 19.1 Å². The van der Waals surface area contributed by atoms with Crippen molar-refractivity contribution in [2.75, 3.05) is 18.4 Å². The minimum Gasteiger partial charge on any atom is -0.320 e. The molecule has 10 heteroatoms. The summed E-state index contributed by atoms with van der Waals surface area (Å²) in [6, 6.07) is 11.1. The van der Waals surface area contributed by atoms with Gasteiger partial charge in [-0.3, -0.25) is 4.79 Å². The zero-order valence-corrected chi connectivity index (χ0v) is 19.3. The largest absolute Gasteiger partial charge is 0.320 e. The number of hydrogen-bond donors (Lipinski definition) is 1. The number of nitrogens with one attached hydrogen (secondary N) is 1. The maximum absolute atomic E-state index is 13.2. The van der Waals surface area contributed by atoms with Crippen LogP contribution in [0, 0.1) is 11.8 Å². The molecule has 0 saturated carbocycles. The molecule has 32 heavy (non-hydrogen) atoms. The molecular weight excluding hydrogens is 450 g/mol. The molecule has 1 saturated heterocycles. The van der Waals surface area contributed by atoms with Gasteiger partial charge >= 0.3 is 0 Å². The van der Waals surface area contributed by atoms with Crippen molar-refractivity contribution >= 4 is 33.2 Å². The van der Waals surface area contributed by atoms with Crippen molar-refractivity contribution in [3.8, 4) is 5.69 Å². The van der Waals surface area contributed by atoms with Crippen LogP contribution in [0.4, 0.5) is 5.69 Å². The second-order valence-electron chi connectivity index (χ2n) is 8.25. The fraction of sp³-hybridized carbons (Fsp3) is 0.318. The summed E-state index contributed by atoms with van der Waals surface area (Å²) in [7, 11) is -3.70. The summed E-state index contributed by atoms with van der Waals surface area (Å²) in [6.45, 7) is 5.07. The van der Waals surface area contributed by atoms with E-state index >= 15 is 0 Å². The number of amides is 1. The average molecular weight is 474 g/mol. The molecule has 4 rings (SSSR count). The number of piperidine rings is 1.